The van der Waals surface area contributed by atoms with Crippen LogP contribution in [0.15, 0.2) is 30.5 Å². The third-order valence-electron chi connectivity index (χ3n) is 2.73. The molecule has 2 rings (SSSR count). The van der Waals surface area contributed by atoms with Gasteiger partial charge in [-0.25, -0.2) is 5.43 Å². The number of halogens is 1. The van der Waals surface area contributed by atoms with E-state index in [2.05, 4.69) is 10.5 Å². The second-order valence-corrected chi connectivity index (χ2v) is 4.43. The number of hydrazine groups is 1. The van der Waals surface area contributed by atoms with E-state index in [4.69, 9.17) is 17.4 Å². The van der Waals surface area contributed by atoms with Crippen LogP contribution in [0.3, 0.4) is 0 Å². The van der Waals surface area contributed by atoms with Crippen LogP contribution >= 0.6 is 11.6 Å². The Morgan fingerprint density at radius 2 is 2.18 bits per heavy atom. The minimum Gasteiger partial charge on any atom is -0.275 e. The van der Waals surface area contributed by atoms with Gasteiger partial charge in [-0.1, -0.05) is 23.7 Å². The van der Waals surface area contributed by atoms with Crippen LogP contribution in [0, 0.1) is 6.92 Å². The van der Waals surface area contributed by atoms with E-state index >= 15 is 0 Å². The average Bonchev–Trinajstić information content (AvgIpc) is 2.71. The van der Waals surface area contributed by atoms with E-state index in [0.717, 1.165) is 21.8 Å². The fourth-order valence-electron chi connectivity index (χ4n) is 1.73. The Labute approximate surface area is 105 Å². The van der Waals surface area contributed by atoms with Crippen LogP contribution < -0.4 is 11.3 Å². The van der Waals surface area contributed by atoms with Crippen molar-refractivity contribution >= 4 is 11.6 Å². The third-order valence-corrected chi connectivity index (χ3v) is 3.13. The number of nitrogens with one attached hydrogen (secondary N) is 1. The summed E-state index contributed by atoms with van der Waals surface area (Å²) in [6, 6.07) is 7.68. The van der Waals surface area contributed by atoms with Crippen LogP contribution in [0.1, 0.15) is 22.9 Å². The van der Waals surface area contributed by atoms with Crippen LogP contribution in [-0.4, -0.2) is 9.78 Å². The lowest BCUT2D eigenvalue weighted by Gasteiger charge is -2.14. The van der Waals surface area contributed by atoms with Crippen LogP contribution in [0.2, 0.25) is 5.02 Å². The minimum atomic E-state index is -0.144. The highest BCUT2D eigenvalue weighted by Crippen LogP contribution is 2.24. The fourth-order valence-corrected chi connectivity index (χ4v) is 1.92. The van der Waals surface area contributed by atoms with Crippen molar-refractivity contribution in [2.45, 2.75) is 13.0 Å². The van der Waals surface area contributed by atoms with Crippen molar-refractivity contribution in [3.8, 4) is 0 Å². The Morgan fingerprint density at radius 3 is 2.71 bits per heavy atom. The number of hydrogen-bond acceptors (Lipinski definition) is 3. The summed E-state index contributed by atoms with van der Waals surface area (Å²) in [5.41, 5.74) is 5.68. The topological polar surface area (TPSA) is 55.9 Å². The molecule has 3 N–H and O–H groups in total. The molecule has 4 nitrogen and oxygen atoms in total. The molecule has 0 amide bonds. The second kappa shape index (κ2) is 4.87. The maximum atomic E-state index is 6.11. The Bertz CT molecular complexity index is 521. The molecule has 1 aromatic carbocycles. The van der Waals surface area contributed by atoms with Gasteiger partial charge in [0.15, 0.2) is 0 Å². The van der Waals surface area contributed by atoms with E-state index in [1.807, 2.05) is 44.4 Å². The SMILES string of the molecule is Cc1ccc(C(NN)c2ccn(C)n2)cc1Cl. The molecule has 0 aliphatic heterocycles. The predicted molar refractivity (Wildman–Crippen MR) is 68.6 cm³/mol. The van der Waals surface area contributed by atoms with Crippen molar-refractivity contribution in [2.24, 2.45) is 12.9 Å². The molecule has 0 radical (unpaired) electrons. The Hall–Kier alpha value is -1.36. The molecule has 1 atom stereocenters. The van der Waals surface area contributed by atoms with E-state index in [-0.39, 0.29) is 6.04 Å². The number of aryl methyl sites for hydroxylation is 2. The van der Waals surface area contributed by atoms with E-state index in [0.29, 0.717) is 0 Å². The molecule has 2 aromatic rings. The smallest absolute Gasteiger partial charge is 0.0900 e. The molecule has 0 aliphatic carbocycles. The summed E-state index contributed by atoms with van der Waals surface area (Å²) in [4.78, 5) is 0. The van der Waals surface area contributed by atoms with Crippen molar-refractivity contribution in [1.82, 2.24) is 15.2 Å². The van der Waals surface area contributed by atoms with E-state index in [1.54, 1.807) is 4.68 Å². The summed E-state index contributed by atoms with van der Waals surface area (Å²) in [5, 5.41) is 5.08. The molecule has 0 aliphatic rings. The molecular weight excluding hydrogens is 236 g/mol. The lowest BCUT2D eigenvalue weighted by Crippen LogP contribution is -2.29. The predicted octanol–water partition coefficient (Wildman–Crippen LogP) is 1.93. The maximum absolute atomic E-state index is 6.11. The van der Waals surface area contributed by atoms with Gasteiger partial charge >= 0.3 is 0 Å². The Morgan fingerprint density at radius 1 is 1.41 bits per heavy atom. The highest BCUT2D eigenvalue weighted by Gasteiger charge is 2.15. The van der Waals surface area contributed by atoms with E-state index < -0.39 is 0 Å². The summed E-state index contributed by atoms with van der Waals surface area (Å²) in [7, 11) is 1.87. The number of nitrogens with zero attached hydrogens (tertiary/aromatic N) is 2. The first-order valence-electron chi connectivity index (χ1n) is 5.33. The van der Waals surface area contributed by atoms with Gasteiger partial charge in [-0.2, -0.15) is 5.10 Å². The minimum absolute atomic E-state index is 0.144. The van der Waals surface area contributed by atoms with Crippen molar-refractivity contribution in [2.75, 3.05) is 0 Å². The second-order valence-electron chi connectivity index (χ2n) is 4.02. The van der Waals surface area contributed by atoms with Gasteiger partial charge in [0.1, 0.15) is 0 Å². The van der Waals surface area contributed by atoms with Crippen LogP contribution in [0.25, 0.3) is 0 Å². The summed E-state index contributed by atoms with van der Waals surface area (Å²) >= 11 is 6.11. The summed E-state index contributed by atoms with van der Waals surface area (Å²) in [5.74, 6) is 5.59. The zero-order valence-electron chi connectivity index (χ0n) is 9.81. The van der Waals surface area contributed by atoms with Crippen LogP contribution in [-0.2, 0) is 7.05 Å². The van der Waals surface area contributed by atoms with Gasteiger partial charge in [-0.15, -0.1) is 0 Å². The van der Waals surface area contributed by atoms with Gasteiger partial charge in [0.25, 0.3) is 0 Å². The third kappa shape index (κ3) is 2.49. The van der Waals surface area contributed by atoms with Crippen molar-refractivity contribution in [3.05, 3.63) is 52.3 Å². The van der Waals surface area contributed by atoms with Gasteiger partial charge in [-0.05, 0) is 30.2 Å². The van der Waals surface area contributed by atoms with E-state index in [9.17, 15) is 0 Å². The van der Waals surface area contributed by atoms with E-state index in [1.165, 1.54) is 0 Å². The molecule has 0 spiro atoms. The molecule has 0 fully saturated rings. The zero-order valence-corrected chi connectivity index (χ0v) is 10.6. The summed E-state index contributed by atoms with van der Waals surface area (Å²) in [6.45, 7) is 1.97. The molecule has 1 unspecified atom stereocenters. The Balaban J connectivity index is 2.38. The molecule has 1 aromatic heterocycles. The van der Waals surface area contributed by atoms with Crippen LogP contribution in [0.5, 0.6) is 0 Å². The lowest BCUT2D eigenvalue weighted by atomic mass is 10.0. The maximum Gasteiger partial charge on any atom is 0.0900 e. The normalized spacial score (nSPS) is 12.7. The molecular formula is C12H15ClN4. The first kappa shape index (κ1) is 12.1. The van der Waals surface area contributed by atoms with Gasteiger partial charge in [0, 0.05) is 18.3 Å². The summed E-state index contributed by atoms with van der Waals surface area (Å²) < 4.78 is 1.75. The van der Waals surface area contributed by atoms with Gasteiger partial charge in [0.2, 0.25) is 0 Å². The fraction of sp³-hybridized carbons (Fsp3) is 0.250. The Kier molecular flexibility index (Phi) is 3.47. The standard InChI is InChI=1S/C12H15ClN4/c1-8-3-4-9(7-10(8)13)12(15-14)11-5-6-17(2)16-11/h3-7,12,15H,14H2,1-2H3. The largest absolute Gasteiger partial charge is 0.275 e. The highest BCUT2D eigenvalue weighted by molar-refractivity contribution is 6.31. The molecule has 1 heterocycles. The first-order valence-corrected chi connectivity index (χ1v) is 5.71. The molecule has 0 saturated carbocycles. The average molecular weight is 251 g/mol. The van der Waals surface area contributed by atoms with Gasteiger partial charge < -0.3 is 0 Å². The van der Waals surface area contributed by atoms with Crippen molar-refractivity contribution in [1.29, 1.82) is 0 Å². The van der Waals surface area contributed by atoms with Gasteiger partial charge in [-0.3, -0.25) is 10.5 Å². The number of hydrogen-bond donors (Lipinski definition) is 2. The molecule has 90 valence electrons. The van der Waals surface area contributed by atoms with Crippen LogP contribution in [0.4, 0.5) is 0 Å². The molecule has 5 heteroatoms. The van der Waals surface area contributed by atoms with Crippen molar-refractivity contribution in [3.63, 3.8) is 0 Å². The number of benzene rings is 1. The van der Waals surface area contributed by atoms with Gasteiger partial charge in [0.05, 0.1) is 11.7 Å². The molecule has 0 bridgehead atoms. The molecule has 0 saturated heterocycles. The zero-order chi connectivity index (χ0) is 12.4. The highest BCUT2D eigenvalue weighted by atomic mass is 35.5. The lowest BCUT2D eigenvalue weighted by molar-refractivity contribution is 0.603. The summed E-state index contributed by atoms with van der Waals surface area (Å²) in [6.07, 6.45) is 1.88. The quantitative estimate of drug-likeness (QED) is 0.647. The number of nitrogens with two attached hydrogens (primary N) is 1. The number of aromatic nitrogens is 2. The monoisotopic (exact) mass is 250 g/mol. The first-order chi connectivity index (χ1) is 8.11. The van der Waals surface area contributed by atoms with Crippen molar-refractivity contribution < 1.29 is 0 Å². The number of rotatable bonds is 3. The molecule has 17 heavy (non-hydrogen) atoms.